The number of pyridine rings is 1. The third-order valence-corrected chi connectivity index (χ3v) is 3.81. The second-order valence-corrected chi connectivity index (χ2v) is 5.75. The van der Waals surface area contributed by atoms with Crippen LogP contribution in [0.25, 0.3) is 11.0 Å². The molecule has 0 fully saturated rings. The second-order valence-electron chi connectivity index (χ2n) is 5.39. The summed E-state index contributed by atoms with van der Waals surface area (Å²) in [6.07, 6.45) is 0. The highest BCUT2D eigenvalue weighted by Crippen LogP contribution is 2.21. The third kappa shape index (κ3) is 3.16. The Morgan fingerprint density at radius 2 is 1.96 bits per heavy atom. The van der Waals surface area contributed by atoms with Crippen LogP contribution in [0.2, 0.25) is 5.15 Å². The summed E-state index contributed by atoms with van der Waals surface area (Å²) in [5.74, 6) is -0.961. The molecule has 0 aliphatic heterocycles. The summed E-state index contributed by atoms with van der Waals surface area (Å²) in [5, 5.41) is 0.877. The van der Waals surface area contributed by atoms with Crippen LogP contribution in [0.4, 0.5) is 0 Å². The quantitative estimate of drug-likeness (QED) is 0.404. The molecule has 1 aromatic carbocycles. The number of para-hydroxylation sites is 1. The molecular formula is C18H14ClNO4. The van der Waals surface area contributed by atoms with Gasteiger partial charge in [-0.2, -0.15) is 0 Å². The van der Waals surface area contributed by atoms with Crippen molar-refractivity contribution in [2.24, 2.45) is 0 Å². The molecule has 2 heterocycles. The first kappa shape index (κ1) is 16.2. The van der Waals surface area contributed by atoms with Crippen molar-refractivity contribution >= 4 is 34.3 Å². The molecule has 0 radical (unpaired) electrons. The molecule has 122 valence electrons. The zero-order valence-electron chi connectivity index (χ0n) is 13.1. The summed E-state index contributed by atoms with van der Waals surface area (Å²) < 4.78 is 10.5. The van der Waals surface area contributed by atoms with Crippen molar-refractivity contribution < 1.29 is 18.7 Å². The van der Waals surface area contributed by atoms with Crippen molar-refractivity contribution in [3.05, 3.63) is 64.1 Å². The van der Waals surface area contributed by atoms with E-state index in [2.05, 4.69) is 4.98 Å². The molecule has 0 unspecified atom stereocenters. The van der Waals surface area contributed by atoms with Gasteiger partial charge >= 0.3 is 5.97 Å². The van der Waals surface area contributed by atoms with Crippen LogP contribution < -0.4 is 0 Å². The van der Waals surface area contributed by atoms with E-state index in [9.17, 15) is 9.59 Å². The fourth-order valence-electron chi connectivity index (χ4n) is 2.43. The van der Waals surface area contributed by atoms with Gasteiger partial charge in [-0.1, -0.05) is 29.8 Å². The second kappa shape index (κ2) is 6.45. The SMILES string of the molecule is Cc1cc(C)c(C(=O)OCC(=O)c2cc3ccccc3o2)c(Cl)n1. The molecule has 0 spiro atoms. The van der Waals surface area contributed by atoms with Gasteiger partial charge < -0.3 is 9.15 Å². The number of aryl methyl sites for hydroxylation is 2. The van der Waals surface area contributed by atoms with E-state index in [4.69, 9.17) is 20.8 Å². The average Bonchev–Trinajstić information content (AvgIpc) is 2.95. The lowest BCUT2D eigenvalue weighted by atomic mass is 10.1. The molecule has 0 amide bonds. The normalized spacial score (nSPS) is 10.8. The first-order valence-electron chi connectivity index (χ1n) is 7.28. The molecular weight excluding hydrogens is 330 g/mol. The average molecular weight is 344 g/mol. The first-order valence-corrected chi connectivity index (χ1v) is 7.66. The number of carbonyl (C=O) groups is 2. The van der Waals surface area contributed by atoms with Crippen LogP contribution in [0.15, 0.2) is 40.8 Å². The summed E-state index contributed by atoms with van der Waals surface area (Å²) in [6, 6.07) is 10.6. The molecule has 3 rings (SSSR count). The molecule has 6 heteroatoms. The van der Waals surface area contributed by atoms with E-state index >= 15 is 0 Å². The molecule has 0 N–H and O–H groups in total. The number of ketones is 1. The van der Waals surface area contributed by atoms with E-state index in [1.807, 2.05) is 18.2 Å². The number of carbonyl (C=O) groups excluding carboxylic acids is 2. The first-order chi connectivity index (χ1) is 11.5. The van der Waals surface area contributed by atoms with Gasteiger partial charge in [0.1, 0.15) is 10.7 Å². The lowest BCUT2D eigenvalue weighted by Gasteiger charge is -2.08. The maximum absolute atomic E-state index is 12.2. The molecule has 0 atom stereocenters. The Bertz CT molecular complexity index is 889. The number of ether oxygens (including phenoxy) is 1. The van der Waals surface area contributed by atoms with Crippen molar-refractivity contribution in [3.8, 4) is 0 Å². The number of nitrogens with zero attached hydrogens (tertiary/aromatic N) is 1. The largest absolute Gasteiger partial charge is 0.453 e. The van der Waals surface area contributed by atoms with E-state index in [0.717, 1.165) is 5.39 Å². The van der Waals surface area contributed by atoms with Crippen LogP contribution in [0.3, 0.4) is 0 Å². The highest BCUT2D eigenvalue weighted by Gasteiger charge is 2.20. The van der Waals surface area contributed by atoms with E-state index < -0.39 is 18.4 Å². The van der Waals surface area contributed by atoms with Crippen LogP contribution in [0, 0.1) is 13.8 Å². The molecule has 0 saturated heterocycles. The van der Waals surface area contributed by atoms with Gasteiger partial charge in [-0.3, -0.25) is 4.79 Å². The van der Waals surface area contributed by atoms with Crippen LogP contribution in [0.1, 0.15) is 32.2 Å². The number of aromatic nitrogens is 1. The number of hydrogen-bond donors (Lipinski definition) is 0. The van der Waals surface area contributed by atoms with Gasteiger partial charge in [0.2, 0.25) is 5.78 Å². The van der Waals surface area contributed by atoms with Gasteiger partial charge in [0, 0.05) is 11.1 Å². The summed E-state index contributed by atoms with van der Waals surface area (Å²) in [5.41, 5.74) is 2.12. The van der Waals surface area contributed by atoms with Crippen LogP contribution in [-0.2, 0) is 4.74 Å². The number of hydrogen-bond acceptors (Lipinski definition) is 5. The minimum atomic E-state index is -0.686. The minimum Gasteiger partial charge on any atom is -0.453 e. The number of Topliss-reactive ketones (excluding diaryl/α,β-unsaturated/α-hetero) is 1. The molecule has 3 aromatic rings. The summed E-state index contributed by atoms with van der Waals surface area (Å²) in [7, 11) is 0. The number of rotatable bonds is 4. The van der Waals surface area contributed by atoms with E-state index in [0.29, 0.717) is 16.8 Å². The molecule has 0 aliphatic rings. The Labute approximate surface area is 143 Å². The molecule has 2 aromatic heterocycles. The van der Waals surface area contributed by atoms with Crippen molar-refractivity contribution in [3.63, 3.8) is 0 Å². The van der Waals surface area contributed by atoms with Crippen LogP contribution in [0.5, 0.6) is 0 Å². The number of halogens is 1. The number of furan rings is 1. The Morgan fingerprint density at radius 3 is 2.67 bits per heavy atom. The third-order valence-electron chi connectivity index (χ3n) is 3.54. The molecule has 24 heavy (non-hydrogen) atoms. The van der Waals surface area contributed by atoms with Gasteiger partial charge in [0.15, 0.2) is 12.4 Å². The summed E-state index contributed by atoms with van der Waals surface area (Å²) >= 11 is 6.00. The number of esters is 1. The Hall–Kier alpha value is -2.66. The predicted molar refractivity (Wildman–Crippen MR) is 89.5 cm³/mol. The van der Waals surface area contributed by atoms with Gasteiger partial charge in [-0.15, -0.1) is 0 Å². The van der Waals surface area contributed by atoms with Gasteiger partial charge in [0.25, 0.3) is 0 Å². The number of fused-ring (bicyclic) bond motifs is 1. The van der Waals surface area contributed by atoms with Crippen molar-refractivity contribution in [1.29, 1.82) is 0 Å². The standard InChI is InChI=1S/C18H14ClNO4/c1-10-7-11(2)20-17(19)16(10)18(22)23-9-13(21)15-8-12-5-3-4-6-14(12)24-15/h3-8H,9H2,1-2H3. The molecule has 0 aliphatic carbocycles. The van der Waals surface area contributed by atoms with Gasteiger partial charge in [-0.25, -0.2) is 9.78 Å². The van der Waals surface area contributed by atoms with E-state index in [-0.39, 0.29) is 16.5 Å². The van der Waals surface area contributed by atoms with Crippen molar-refractivity contribution in [2.45, 2.75) is 13.8 Å². The van der Waals surface area contributed by atoms with Crippen LogP contribution in [-0.4, -0.2) is 23.3 Å². The predicted octanol–water partition coefficient (Wildman–Crippen LogP) is 4.14. The summed E-state index contributed by atoms with van der Waals surface area (Å²) in [4.78, 5) is 28.4. The maximum Gasteiger partial charge on any atom is 0.342 e. The lowest BCUT2D eigenvalue weighted by Crippen LogP contribution is -2.15. The zero-order valence-corrected chi connectivity index (χ0v) is 13.9. The van der Waals surface area contributed by atoms with Crippen molar-refractivity contribution in [2.75, 3.05) is 6.61 Å². The fourth-order valence-corrected chi connectivity index (χ4v) is 2.79. The Kier molecular flexibility index (Phi) is 4.36. The van der Waals surface area contributed by atoms with E-state index in [1.165, 1.54) is 0 Å². The Morgan fingerprint density at radius 1 is 1.21 bits per heavy atom. The minimum absolute atomic E-state index is 0.0636. The van der Waals surface area contributed by atoms with Gasteiger partial charge in [0.05, 0.1) is 5.56 Å². The van der Waals surface area contributed by atoms with E-state index in [1.54, 1.807) is 32.0 Å². The zero-order chi connectivity index (χ0) is 17.3. The molecule has 0 saturated carbocycles. The fraction of sp³-hybridized carbons (Fsp3) is 0.167. The monoisotopic (exact) mass is 343 g/mol. The Balaban J connectivity index is 1.73. The topological polar surface area (TPSA) is 69.4 Å². The maximum atomic E-state index is 12.2. The highest BCUT2D eigenvalue weighted by molar-refractivity contribution is 6.32. The van der Waals surface area contributed by atoms with Crippen LogP contribution >= 0.6 is 11.6 Å². The lowest BCUT2D eigenvalue weighted by molar-refractivity contribution is 0.0467. The highest BCUT2D eigenvalue weighted by atomic mass is 35.5. The van der Waals surface area contributed by atoms with Crippen molar-refractivity contribution in [1.82, 2.24) is 4.98 Å². The number of benzene rings is 1. The summed E-state index contributed by atoms with van der Waals surface area (Å²) in [6.45, 7) is 3.08. The molecule has 0 bridgehead atoms. The molecule has 5 nitrogen and oxygen atoms in total. The van der Waals surface area contributed by atoms with Gasteiger partial charge in [-0.05, 0) is 37.6 Å². The smallest absolute Gasteiger partial charge is 0.342 e.